The molecule has 1 rings (SSSR count). The van der Waals surface area contributed by atoms with Crippen molar-refractivity contribution in [1.29, 1.82) is 0 Å². The van der Waals surface area contributed by atoms with Crippen LogP contribution in [0.25, 0.3) is 0 Å². The molecule has 0 fully saturated rings. The van der Waals surface area contributed by atoms with Gasteiger partial charge in [-0.1, -0.05) is 12.1 Å². The van der Waals surface area contributed by atoms with Gasteiger partial charge in [0, 0.05) is 31.4 Å². The van der Waals surface area contributed by atoms with E-state index >= 15 is 0 Å². The lowest BCUT2D eigenvalue weighted by atomic mass is 10.1. The van der Waals surface area contributed by atoms with Crippen LogP contribution in [0.1, 0.15) is 13.8 Å². The topological polar surface area (TPSA) is 87.6 Å². The Morgan fingerprint density at radius 2 is 2.18 bits per heavy atom. The largest absolute Gasteiger partial charge is 0.409 e. The number of hydrogen-bond acceptors (Lipinski definition) is 5. The van der Waals surface area contributed by atoms with Crippen molar-refractivity contribution in [2.45, 2.75) is 13.8 Å². The molecule has 0 aliphatic rings. The van der Waals surface area contributed by atoms with E-state index in [9.17, 15) is 0 Å². The molecule has 1 aromatic heterocycles. The number of nitrogens with zero attached hydrogens (tertiary/aromatic N) is 4. The minimum atomic E-state index is -0.0628. The zero-order valence-corrected chi connectivity index (χ0v) is 11.4. The standard InChI is InChI=1S/C10H16BrN5O/c1-3-16(6-7(2)9(12)15-17)10-13-4-8(11)5-14-10/h4-5,7,17H,3,6H2,1-2H3,(H2,12,15). The fourth-order valence-electron chi connectivity index (χ4n) is 1.34. The zero-order chi connectivity index (χ0) is 12.8. The summed E-state index contributed by atoms with van der Waals surface area (Å²) in [5, 5.41) is 11.6. The highest BCUT2D eigenvalue weighted by Crippen LogP contribution is 2.12. The van der Waals surface area contributed by atoms with E-state index < -0.39 is 0 Å². The highest BCUT2D eigenvalue weighted by molar-refractivity contribution is 9.10. The van der Waals surface area contributed by atoms with Crippen LogP contribution in [0.5, 0.6) is 0 Å². The molecule has 0 amide bonds. The van der Waals surface area contributed by atoms with E-state index in [1.165, 1.54) is 0 Å². The third-order valence-electron chi connectivity index (χ3n) is 2.39. The number of hydrogen-bond donors (Lipinski definition) is 2. The summed E-state index contributed by atoms with van der Waals surface area (Å²) < 4.78 is 0.835. The molecule has 94 valence electrons. The Hall–Kier alpha value is -1.37. The maximum atomic E-state index is 8.60. The predicted octanol–water partition coefficient (Wildman–Crippen LogP) is 1.45. The zero-order valence-electron chi connectivity index (χ0n) is 9.84. The molecular weight excluding hydrogens is 286 g/mol. The lowest BCUT2D eigenvalue weighted by Crippen LogP contribution is -2.35. The number of nitrogens with two attached hydrogens (primary N) is 1. The van der Waals surface area contributed by atoms with Crippen molar-refractivity contribution < 1.29 is 5.21 Å². The minimum absolute atomic E-state index is 0.0628. The predicted molar refractivity (Wildman–Crippen MR) is 70.2 cm³/mol. The Bertz CT molecular complexity index is 381. The van der Waals surface area contributed by atoms with E-state index in [0.29, 0.717) is 12.5 Å². The molecular formula is C10H16BrN5O. The molecule has 1 heterocycles. The van der Waals surface area contributed by atoms with Gasteiger partial charge in [0.05, 0.1) is 4.47 Å². The smallest absolute Gasteiger partial charge is 0.225 e. The maximum Gasteiger partial charge on any atom is 0.225 e. The first kappa shape index (κ1) is 13.7. The van der Waals surface area contributed by atoms with Crippen LogP contribution in [-0.2, 0) is 0 Å². The Balaban J connectivity index is 2.75. The van der Waals surface area contributed by atoms with Crippen LogP contribution < -0.4 is 10.6 Å². The van der Waals surface area contributed by atoms with E-state index in [1.807, 2.05) is 18.7 Å². The molecule has 0 aliphatic heterocycles. The third-order valence-corrected chi connectivity index (χ3v) is 2.80. The first-order chi connectivity index (χ1) is 8.08. The van der Waals surface area contributed by atoms with Gasteiger partial charge >= 0.3 is 0 Å². The van der Waals surface area contributed by atoms with Crippen LogP contribution >= 0.6 is 15.9 Å². The molecule has 0 aromatic carbocycles. The number of oxime groups is 1. The second-order valence-electron chi connectivity index (χ2n) is 3.67. The summed E-state index contributed by atoms with van der Waals surface area (Å²) >= 11 is 3.29. The average molecular weight is 302 g/mol. The fourth-order valence-corrected chi connectivity index (χ4v) is 1.55. The summed E-state index contributed by atoms with van der Waals surface area (Å²) in [6, 6.07) is 0. The molecule has 0 saturated carbocycles. The van der Waals surface area contributed by atoms with E-state index in [1.54, 1.807) is 12.4 Å². The summed E-state index contributed by atoms with van der Waals surface area (Å²) in [7, 11) is 0. The number of halogens is 1. The van der Waals surface area contributed by atoms with Gasteiger partial charge in [0.1, 0.15) is 5.84 Å². The van der Waals surface area contributed by atoms with E-state index in [2.05, 4.69) is 31.1 Å². The summed E-state index contributed by atoms with van der Waals surface area (Å²) in [6.07, 6.45) is 3.39. The van der Waals surface area contributed by atoms with Gasteiger partial charge in [0.15, 0.2) is 0 Å². The second kappa shape index (κ2) is 6.39. The summed E-state index contributed by atoms with van der Waals surface area (Å²) in [5.41, 5.74) is 5.55. The summed E-state index contributed by atoms with van der Waals surface area (Å²) in [5.74, 6) is 0.779. The minimum Gasteiger partial charge on any atom is -0.409 e. The van der Waals surface area contributed by atoms with Crippen molar-refractivity contribution in [2.24, 2.45) is 16.8 Å². The molecule has 1 aromatic rings. The van der Waals surface area contributed by atoms with Gasteiger partial charge in [0.25, 0.3) is 0 Å². The third kappa shape index (κ3) is 3.85. The van der Waals surface area contributed by atoms with E-state index in [-0.39, 0.29) is 11.8 Å². The van der Waals surface area contributed by atoms with Crippen LogP contribution in [0, 0.1) is 5.92 Å². The van der Waals surface area contributed by atoms with Crippen LogP contribution in [0.4, 0.5) is 5.95 Å². The molecule has 0 saturated heterocycles. The SMILES string of the molecule is CCN(CC(C)C(N)=NO)c1ncc(Br)cn1. The number of anilines is 1. The molecule has 0 bridgehead atoms. The fraction of sp³-hybridized carbons (Fsp3) is 0.500. The highest BCUT2D eigenvalue weighted by atomic mass is 79.9. The first-order valence-electron chi connectivity index (χ1n) is 5.28. The number of aromatic nitrogens is 2. The van der Waals surface area contributed by atoms with Crippen LogP contribution in [-0.4, -0.2) is 34.1 Å². The van der Waals surface area contributed by atoms with Crippen molar-refractivity contribution in [3.63, 3.8) is 0 Å². The van der Waals surface area contributed by atoms with E-state index in [4.69, 9.17) is 10.9 Å². The molecule has 1 atom stereocenters. The molecule has 1 unspecified atom stereocenters. The lowest BCUT2D eigenvalue weighted by molar-refractivity contribution is 0.314. The van der Waals surface area contributed by atoms with Gasteiger partial charge in [0.2, 0.25) is 5.95 Å². The van der Waals surface area contributed by atoms with Gasteiger partial charge in [-0.3, -0.25) is 0 Å². The molecule has 17 heavy (non-hydrogen) atoms. The van der Waals surface area contributed by atoms with Gasteiger partial charge < -0.3 is 15.8 Å². The molecule has 7 heteroatoms. The molecule has 0 spiro atoms. The second-order valence-corrected chi connectivity index (χ2v) is 4.58. The Morgan fingerprint density at radius 3 is 2.65 bits per heavy atom. The normalized spacial score (nSPS) is 13.5. The monoisotopic (exact) mass is 301 g/mol. The quantitative estimate of drug-likeness (QED) is 0.372. The highest BCUT2D eigenvalue weighted by Gasteiger charge is 2.14. The number of rotatable bonds is 5. The Morgan fingerprint density at radius 1 is 1.59 bits per heavy atom. The van der Waals surface area contributed by atoms with Crippen LogP contribution in [0.15, 0.2) is 22.0 Å². The average Bonchev–Trinajstić information content (AvgIpc) is 2.35. The molecule has 3 N–H and O–H groups in total. The van der Waals surface area contributed by atoms with Gasteiger partial charge in [-0.2, -0.15) is 0 Å². The molecule has 6 nitrogen and oxygen atoms in total. The Labute approximate surface area is 109 Å². The van der Waals surface area contributed by atoms with Crippen molar-refractivity contribution in [2.75, 3.05) is 18.0 Å². The van der Waals surface area contributed by atoms with Crippen molar-refractivity contribution >= 4 is 27.7 Å². The van der Waals surface area contributed by atoms with Crippen molar-refractivity contribution in [1.82, 2.24) is 9.97 Å². The van der Waals surface area contributed by atoms with Crippen molar-refractivity contribution in [3.8, 4) is 0 Å². The molecule has 0 aliphatic carbocycles. The Kier molecular flexibility index (Phi) is 5.14. The van der Waals surface area contributed by atoms with Crippen LogP contribution in [0.2, 0.25) is 0 Å². The first-order valence-corrected chi connectivity index (χ1v) is 6.07. The van der Waals surface area contributed by atoms with Crippen LogP contribution in [0.3, 0.4) is 0 Å². The number of amidine groups is 1. The lowest BCUT2D eigenvalue weighted by Gasteiger charge is -2.23. The summed E-state index contributed by atoms with van der Waals surface area (Å²) in [4.78, 5) is 10.4. The summed E-state index contributed by atoms with van der Waals surface area (Å²) in [6.45, 7) is 5.25. The maximum absolute atomic E-state index is 8.60. The van der Waals surface area contributed by atoms with Gasteiger partial charge in [-0.15, -0.1) is 0 Å². The van der Waals surface area contributed by atoms with Crippen molar-refractivity contribution in [3.05, 3.63) is 16.9 Å². The van der Waals surface area contributed by atoms with Gasteiger partial charge in [-0.25, -0.2) is 9.97 Å². The van der Waals surface area contributed by atoms with E-state index in [0.717, 1.165) is 11.0 Å². The van der Waals surface area contributed by atoms with Gasteiger partial charge in [-0.05, 0) is 22.9 Å². The molecule has 0 radical (unpaired) electrons.